The summed E-state index contributed by atoms with van der Waals surface area (Å²) >= 11 is 2.11. The van der Waals surface area contributed by atoms with Crippen LogP contribution in [0.15, 0.2) is 47.1 Å². The summed E-state index contributed by atoms with van der Waals surface area (Å²) in [7, 11) is 0. The Morgan fingerprint density at radius 1 is 0.960 bits per heavy atom. The van der Waals surface area contributed by atoms with Crippen molar-refractivity contribution in [1.82, 2.24) is 0 Å². The fourth-order valence-corrected chi connectivity index (χ4v) is 12.4. The van der Waals surface area contributed by atoms with Crippen LogP contribution in [0, 0.1) is 50.2 Å². The van der Waals surface area contributed by atoms with Crippen LogP contribution in [0.4, 0.5) is 0 Å². The van der Waals surface area contributed by atoms with E-state index in [4.69, 9.17) is 9.47 Å². The molecule has 0 heterocycles. The molecule has 0 aromatic heterocycles. The zero-order chi connectivity index (χ0) is 36.9. The second-order valence-electron chi connectivity index (χ2n) is 17.6. The lowest BCUT2D eigenvalue weighted by molar-refractivity contribution is -0.261. The van der Waals surface area contributed by atoms with E-state index < -0.39 is 58.7 Å². The monoisotopic (exact) mass is 808 g/mol. The second kappa shape index (κ2) is 14.4. The molecule has 4 N–H and O–H groups in total. The minimum atomic E-state index is -1.27. The van der Waals surface area contributed by atoms with Crippen molar-refractivity contribution in [1.29, 1.82) is 0 Å². The summed E-state index contributed by atoms with van der Waals surface area (Å²) in [5.41, 5.74) is -2.38. The van der Waals surface area contributed by atoms with Crippen LogP contribution in [-0.2, 0) is 19.1 Å². The van der Waals surface area contributed by atoms with Crippen molar-refractivity contribution in [3.63, 3.8) is 0 Å². The van der Waals surface area contributed by atoms with Gasteiger partial charge in [-0.2, -0.15) is 0 Å². The van der Waals surface area contributed by atoms with Crippen LogP contribution < -0.4 is 0 Å². The van der Waals surface area contributed by atoms with Crippen molar-refractivity contribution in [3.8, 4) is 0 Å². The first-order chi connectivity index (χ1) is 23.5. The van der Waals surface area contributed by atoms with Gasteiger partial charge >= 0.3 is 11.9 Å². The molecule has 0 bridgehead atoms. The molecule has 0 amide bonds. The van der Waals surface area contributed by atoms with Crippen LogP contribution in [0.3, 0.4) is 0 Å². The predicted octanol–water partition coefficient (Wildman–Crippen LogP) is 6.99. The second-order valence-corrected chi connectivity index (χ2v) is 18.4. The van der Waals surface area contributed by atoms with E-state index >= 15 is 0 Å². The van der Waals surface area contributed by atoms with Crippen LogP contribution in [0.5, 0.6) is 0 Å². The fraction of sp³-hybridized carbons (Fsp3) is 0.756. The Morgan fingerprint density at radius 2 is 1.66 bits per heavy atom. The number of fused-ring (bicyclic) bond motifs is 7. The Hall–Kier alpha value is -1.53. The van der Waals surface area contributed by atoms with Crippen molar-refractivity contribution in [2.24, 2.45) is 50.2 Å². The average molecular weight is 809 g/mol. The minimum absolute atomic E-state index is 0.0448. The van der Waals surface area contributed by atoms with Crippen molar-refractivity contribution in [3.05, 3.63) is 47.1 Å². The molecule has 4 fully saturated rings. The van der Waals surface area contributed by atoms with E-state index in [1.807, 2.05) is 24.0 Å². The quantitative estimate of drug-likeness (QED) is 0.0999. The number of rotatable bonds is 11. The molecule has 0 saturated heterocycles. The zero-order valence-corrected chi connectivity index (χ0v) is 33.0. The van der Waals surface area contributed by atoms with Gasteiger partial charge in [-0.25, -0.2) is 0 Å². The van der Waals surface area contributed by atoms with E-state index in [-0.39, 0.29) is 54.0 Å². The summed E-state index contributed by atoms with van der Waals surface area (Å²) < 4.78 is 13.7. The van der Waals surface area contributed by atoms with Gasteiger partial charge in [0.05, 0.1) is 30.8 Å². The lowest BCUT2D eigenvalue weighted by atomic mass is 9.32. The summed E-state index contributed by atoms with van der Waals surface area (Å²) in [4.78, 5) is 25.5. The largest absolute Gasteiger partial charge is 0.465 e. The maximum Gasteiger partial charge on any atom is 0.306 e. The van der Waals surface area contributed by atoms with Crippen molar-refractivity contribution in [2.75, 3.05) is 13.2 Å². The maximum absolute atomic E-state index is 12.9. The molecule has 9 heteroatoms. The molecule has 0 radical (unpaired) electrons. The highest BCUT2D eigenvalue weighted by Gasteiger charge is 2.73. The van der Waals surface area contributed by atoms with Crippen molar-refractivity contribution in [2.45, 2.75) is 130 Å². The highest BCUT2D eigenvalue weighted by molar-refractivity contribution is 14.1. The number of aliphatic hydroxyl groups excluding tert-OH is 4. The number of esters is 2. The smallest absolute Gasteiger partial charge is 0.306 e. The Balaban J connectivity index is 1.51. The van der Waals surface area contributed by atoms with E-state index in [0.29, 0.717) is 32.1 Å². The van der Waals surface area contributed by atoms with Gasteiger partial charge in [0.1, 0.15) is 12.2 Å². The molecular formula is C41H61IO8. The molecule has 3 unspecified atom stereocenters. The van der Waals surface area contributed by atoms with E-state index in [1.54, 1.807) is 6.08 Å². The molecule has 0 spiro atoms. The van der Waals surface area contributed by atoms with Crippen LogP contribution in [-0.4, -0.2) is 70.0 Å². The Labute approximate surface area is 313 Å². The zero-order valence-electron chi connectivity index (χ0n) is 30.8. The molecular weight excluding hydrogens is 747 g/mol. The Morgan fingerprint density at radius 3 is 2.30 bits per heavy atom. The molecule has 50 heavy (non-hydrogen) atoms. The maximum atomic E-state index is 12.9. The molecule has 0 aromatic rings. The number of allylic oxidation sites excluding steroid dienone is 5. The SMILES string of the molecule is C=CCCC(=O)OC[C@]1(C)C2CC[C@]3(C)C(CC=C4C5CC(C)(C)[C@@H](OC(=O)CC/C=C/I)[C@H](O)[C@]5(CO)[C@H](O)C[C@]43C)[C@@]2(C=C)CC[C@@H]1O. The van der Waals surface area contributed by atoms with E-state index in [0.717, 1.165) is 25.7 Å². The number of aliphatic hydroxyl groups is 4. The number of halogens is 1. The molecule has 0 aliphatic heterocycles. The van der Waals surface area contributed by atoms with Gasteiger partial charge in [-0.1, -0.05) is 87.1 Å². The normalized spacial score (nSPS) is 44.8. The summed E-state index contributed by atoms with van der Waals surface area (Å²) in [6, 6.07) is 0. The van der Waals surface area contributed by atoms with Gasteiger partial charge in [0, 0.05) is 23.7 Å². The molecule has 8 nitrogen and oxygen atoms in total. The summed E-state index contributed by atoms with van der Waals surface area (Å²) in [5.74, 6) is -0.787. The standard InChI is InChI=1S/C41H61IO8/c1-8-10-13-32(46)49-25-37(5)28-17-19-38(6)29(40(28,9-2)20-18-30(37)44)16-15-26-27-22-36(3,4)35(50-33(47)14-11-12-21-42)34(48)41(27,24-43)31(45)23-39(26,38)7/h8-9,12,15,21,27-31,34-35,43-45,48H,1-2,10-11,13-14,16-20,22-25H2,3-7H3/b21-12+/t27?,28?,29?,30-,31+,34-,35-,37+,38+,39+,40-,41-/m0/s1. The lowest BCUT2D eigenvalue weighted by Crippen LogP contribution is -2.72. The number of hydrogen-bond acceptors (Lipinski definition) is 8. The van der Waals surface area contributed by atoms with Crippen LogP contribution in [0.25, 0.3) is 0 Å². The van der Waals surface area contributed by atoms with Gasteiger partial charge < -0.3 is 29.9 Å². The van der Waals surface area contributed by atoms with Gasteiger partial charge in [0.2, 0.25) is 0 Å². The van der Waals surface area contributed by atoms with Gasteiger partial charge in [-0.3, -0.25) is 9.59 Å². The van der Waals surface area contributed by atoms with Crippen molar-refractivity contribution >= 4 is 34.5 Å². The first kappa shape index (κ1) is 39.7. The highest BCUT2D eigenvalue weighted by Crippen LogP contribution is 2.76. The molecule has 5 aliphatic carbocycles. The first-order valence-corrected chi connectivity index (χ1v) is 19.9. The van der Waals surface area contributed by atoms with Gasteiger partial charge in [0.15, 0.2) is 0 Å². The van der Waals surface area contributed by atoms with Gasteiger partial charge in [0.25, 0.3) is 0 Å². The summed E-state index contributed by atoms with van der Waals surface area (Å²) in [5, 5.41) is 47.1. The third kappa shape index (κ3) is 5.91. The molecule has 280 valence electrons. The Kier molecular flexibility index (Phi) is 11.4. The summed E-state index contributed by atoms with van der Waals surface area (Å²) in [6.07, 6.45) is 10.5. The van der Waals surface area contributed by atoms with E-state index in [2.05, 4.69) is 68.7 Å². The first-order valence-electron chi connectivity index (χ1n) is 18.7. The topological polar surface area (TPSA) is 134 Å². The van der Waals surface area contributed by atoms with Crippen LogP contribution in [0.1, 0.15) is 105 Å². The van der Waals surface area contributed by atoms with Crippen LogP contribution in [0.2, 0.25) is 0 Å². The molecule has 5 aliphatic rings. The number of carbonyl (C=O) groups excluding carboxylic acids is 2. The lowest BCUT2D eigenvalue weighted by Gasteiger charge is -2.72. The van der Waals surface area contributed by atoms with Gasteiger partial charge in [-0.05, 0) is 95.9 Å². The number of carbonyl (C=O) groups is 2. The fourth-order valence-electron chi connectivity index (χ4n) is 12.0. The highest BCUT2D eigenvalue weighted by atomic mass is 127. The van der Waals surface area contributed by atoms with E-state index in [1.165, 1.54) is 5.57 Å². The number of ether oxygens (including phenoxy) is 2. The van der Waals surface area contributed by atoms with Crippen molar-refractivity contribution < 1.29 is 39.5 Å². The molecule has 12 atom stereocenters. The number of hydrogen-bond donors (Lipinski definition) is 4. The summed E-state index contributed by atoms with van der Waals surface area (Å²) in [6.45, 7) is 18.6. The minimum Gasteiger partial charge on any atom is -0.465 e. The molecule has 0 aromatic carbocycles. The third-order valence-electron chi connectivity index (χ3n) is 15.1. The van der Waals surface area contributed by atoms with Gasteiger partial charge in [-0.15, -0.1) is 13.2 Å². The third-order valence-corrected chi connectivity index (χ3v) is 15.6. The molecule has 5 rings (SSSR count). The average Bonchev–Trinajstić information content (AvgIpc) is 3.06. The Bertz CT molecular complexity index is 1390. The predicted molar refractivity (Wildman–Crippen MR) is 202 cm³/mol. The van der Waals surface area contributed by atoms with E-state index in [9.17, 15) is 30.0 Å². The molecule has 4 saturated carbocycles. The van der Waals surface area contributed by atoms with Crippen LogP contribution >= 0.6 is 22.6 Å².